The highest BCUT2D eigenvalue weighted by Crippen LogP contribution is 2.20. The van der Waals surface area contributed by atoms with Crippen LogP contribution in [0.15, 0.2) is 24.3 Å². The summed E-state index contributed by atoms with van der Waals surface area (Å²) in [7, 11) is -2.93. The topological polar surface area (TPSA) is 46.2 Å². The zero-order valence-electron chi connectivity index (χ0n) is 12.2. The van der Waals surface area contributed by atoms with Crippen molar-refractivity contribution in [2.75, 3.05) is 18.1 Å². The van der Waals surface area contributed by atoms with E-state index in [2.05, 4.69) is 12.2 Å². The molecule has 0 bridgehead atoms. The van der Waals surface area contributed by atoms with Crippen LogP contribution in [-0.4, -0.2) is 26.5 Å². The molecular weight excluding hydrogens is 277 g/mol. The van der Waals surface area contributed by atoms with E-state index in [0.29, 0.717) is 12.8 Å². The van der Waals surface area contributed by atoms with Crippen LogP contribution in [0.4, 0.5) is 4.39 Å². The molecule has 0 saturated heterocycles. The summed E-state index contributed by atoms with van der Waals surface area (Å²) in [5.41, 5.74) is 0.882. The van der Waals surface area contributed by atoms with E-state index in [-0.39, 0.29) is 23.4 Å². The van der Waals surface area contributed by atoms with Crippen LogP contribution in [-0.2, 0) is 9.84 Å². The van der Waals surface area contributed by atoms with E-state index < -0.39 is 9.84 Å². The summed E-state index contributed by atoms with van der Waals surface area (Å²) < 4.78 is 36.3. The molecule has 1 unspecified atom stereocenters. The molecule has 0 spiro atoms. The standard InChI is InChI=1S/C15H24FNO2S/c1-3-10-17-15(9-6-11-20(18,19)4-2)13-7-5-8-14(16)12-13/h5,7-8,12,15,17H,3-4,6,9-11H2,1-2H3. The average molecular weight is 301 g/mol. The number of halogens is 1. The maximum absolute atomic E-state index is 13.3. The van der Waals surface area contributed by atoms with Crippen LogP contribution in [0.5, 0.6) is 0 Å². The monoisotopic (exact) mass is 301 g/mol. The second-order valence-electron chi connectivity index (χ2n) is 4.94. The first-order valence-corrected chi connectivity index (χ1v) is 9.00. The normalized spacial score (nSPS) is 13.3. The summed E-state index contributed by atoms with van der Waals surface area (Å²) in [4.78, 5) is 0. The van der Waals surface area contributed by atoms with Gasteiger partial charge in [-0.3, -0.25) is 0 Å². The minimum atomic E-state index is -2.93. The van der Waals surface area contributed by atoms with Crippen LogP contribution in [0.25, 0.3) is 0 Å². The number of benzene rings is 1. The quantitative estimate of drug-likeness (QED) is 0.762. The number of sulfone groups is 1. The van der Waals surface area contributed by atoms with Gasteiger partial charge in [0.25, 0.3) is 0 Å². The van der Waals surface area contributed by atoms with Gasteiger partial charge in [-0.1, -0.05) is 26.0 Å². The van der Waals surface area contributed by atoms with Crippen molar-refractivity contribution in [3.63, 3.8) is 0 Å². The van der Waals surface area contributed by atoms with Gasteiger partial charge in [-0.05, 0) is 43.5 Å². The van der Waals surface area contributed by atoms with Crippen LogP contribution in [0.2, 0.25) is 0 Å². The Morgan fingerprint density at radius 3 is 2.65 bits per heavy atom. The zero-order chi connectivity index (χ0) is 15.0. The van der Waals surface area contributed by atoms with E-state index in [1.807, 2.05) is 6.07 Å². The lowest BCUT2D eigenvalue weighted by Crippen LogP contribution is -2.23. The van der Waals surface area contributed by atoms with Crippen molar-refractivity contribution < 1.29 is 12.8 Å². The van der Waals surface area contributed by atoms with Crippen LogP contribution in [0.1, 0.15) is 44.7 Å². The van der Waals surface area contributed by atoms with E-state index in [4.69, 9.17) is 0 Å². The molecular formula is C15H24FNO2S. The van der Waals surface area contributed by atoms with Gasteiger partial charge in [-0.25, -0.2) is 12.8 Å². The summed E-state index contributed by atoms with van der Waals surface area (Å²) >= 11 is 0. The first-order valence-electron chi connectivity index (χ1n) is 7.17. The van der Waals surface area contributed by atoms with Gasteiger partial charge < -0.3 is 5.32 Å². The van der Waals surface area contributed by atoms with E-state index >= 15 is 0 Å². The Hall–Kier alpha value is -0.940. The molecule has 1 rings (SSSR count). The van der Waals surface area contributed by atoms with Gasteiger partial charge in [0.2, 0.25) is 0 Å². The van der Waals surface area contributed by atoms with Crippen LogP contribution in [0, 0.1) is 5.82 Å². The predicted octanol–water partition coefficient (Wildman–Crippen LogP) is 3.08. The van der Waals surface area contributed by atoms with Gasteiger partial charge >= 0.3 is 0 Å². The molecule has 0 aliphatic heterocycles. The predicted molar refractivity (Wildman–Crippen MR) is 81.0 cm³/mol. The van der Waals surface area contributed by atoms with Crippen molar-refractivity contribution in [2.24, 2.45) is 0 Å². The second-order valence-corrected chi connectivity index (χ2v) is 7.41. The van der Waals surface area contributed by atoms with Crippen molar-refractivity contribution in [1.82, 2.24) is 5.32 Å². The van der Waals surface area contributed by atoms with Gasteiger partial charge in [0.15, 0.2) is 0 Å². The SMILES string of the molecule is CCCNC(CCCS(=O)(=O)CC)c1cccc(F)c1. The summed E-state index contributed by atoms with van der Waals surface area (Å²) in [6, 6.07) is 6.51. The summed E-state index contributed by atoms with van der Waals surface area (Å²) in [5, 5.41) is 3.36. The Kier molecular flexibility index (Phi) is 7.16. The highest BCUT2D eigenvalue weighted by molar-refractivity contribution is 7.91. The summed E-state index contributed by atoms with van der Waals surface area (Å²) in [6.07, 6.45) is 2.27. The minimum absolute atomic E-state index is 0.0118. The van der Waals surface area contributed by atoms with Crippen molar-refractivity contribution in [3.8, 4) is 0 Å². The molecule has 5 heteroatoms. The van der Waals surface area contributed by atoms with E-state index in [9.17, 15) is 12.8 Å². The molecule has 0 saturated carbocycles. The Balaban J connectivity index is 2.65. The average Bonchev–Trinajstić information content (AvgIpc) is 2.42. The third-order valence-electron chi connectivity index (χ3n) is 3.28. The molecule has 114 valence electrons. The second kappa shape index (κ2) is 8.37. The van der Waals surface area contributed by atoms with E-state index in [1.165, 1.54) is 12.1 Å². The maximum Gasteiger partial charge on any atom is 0.150 e. The number of hydrogen-bond donors (Lipinski definition) is 1. The molecule has 1 aromatic carbocycles. The lowest BCUT2D eigenvalue weighted by atomic mass is 10.0. The first kappa shape index (κ1) is 17.1. The third-order valence-corrected chi connectivity index (χ3v) is 5.07. The van der Waals surface area contributed by atoms with Gasteiger partial charge in [0, 0.05) is 11.8 Å². The fraction of sp³-hybridized carbons (Fsp3) is 0.600. The molecule has 20 heavy (non-hydrogen) atoms. The van der Waals surface area contributed by atoms with Crippen molar-refractivity contribution in [2.45, 2.75) is 39.2 Å². The largest absolute Gasteiger partial charge is 0.310 e. The van der Waals surface area contributed by atoms with Crippen molar-refractivity contribution in [3.05, 3.63) is 35.6 Å². The Morgan fingerprint density at radius 1 is 1.30 bits per heavy atom. The van der Waals surface area contributed by atoms with Crippen LogP contribution < -0.4 is 5.32 Å². The fourth-order valence-electron chi connectivity index (χ4n) is 2.08. The van der Waals surface area contributed by atoms with Gasteiger partial charge in [-0.2, -0.15) is 0 Å². The fourth-order valence-corrected chi connectivity index (χ4v) is 2.98. The van der Waals surface area contributed by atoms with Crippen LogP contribution in [0.3, 0.4) is 0 Å². The van der Waals surface area contributed by atoms with Crippen LogP contribution >= 0.6 is 0 Å². The van der Waals surface area contributed by atoms with Crippen molar-refractivity contribution in [1.29, 1.82) is 0 Å². The van der Waals surface area contributed by atoms with Crippen molar-refractivity contribution >= 4 is 9.84 Å². The molecule has 0 aromatic heterocycles. The minimum Gasteiger partial charge on any atom is -0.310 e. The maximum atomic E-state index is 13.3. The number of nitrogens with one attached hydrogen (secondary N) is 1. The van der Waals surface area contributed by atoms with Gasteiger partial charge in [-0.15, -0.1) is 0 Å². The molecule has 0 amide bonds. The highest BCUT2D eigenvalue weighted by atomic mass is 32.2. The molecule has 0 heterocycles. The van der Waals surface area contributed by atoms with E-state index in [0.717, 1.165) is 18.5 Å². The van der Waals surface area contributed by atoms with Gasteiger partial charge in [0.1, 0.15) is 15.7 Å². The summed E-state index contributed by atoms with van der Waals surface area (Å²) in [6.45, 7) is 4.56. The van der Waals surface area contributed by atoms with E-state index in [1.54, 1.807) is 13.0 Å². The van der Waals surface area contributed by atoms with Gasteiger partial charge in [0.05, 0.1) is 5.75 Å². The highest BCUT2D eigenvalue weighted by Gasteiger charge is 2.14. The lowest BCUT2D eigenvalue weighted by Gasteiger charge is -2.19. The Labute approximate surface area is 121 Å². The molecule has 1 aromatic rings. The molecule has 0 aliphatic carbocycles. The third kappa shape index (κ3) is 6.01. The smallest absolute Gasteiger partial charge is 0.150 e. The summed E-state index contributed by atoms with van der Waals surface area (Å²) in [5.74, 6) is 0.121. The molecule has 1 N–H and O–H groups in total. The number of rotatable bonds is 9. The lowest BCUT2D eigenvalue weighted by molar-refractivity contribution is 0.489. The molecule has 1 atom stereocenters. The first-order chi connectivity index (χ1) is 9.48. The molecule has 3 nitrogen and oxygen atoms in total. The Morgan fingerprint density at radius 2 is 2.05 bits per heavy atom. The Bertz CT molecular complexity index is 502. The number of hydrogen-bond acceptors (Lipinski definition) is 3. The molecule has 0 fully saturated rings. The zero-order valence-corrected chi connectivity index (χ0v) is 13.0. The molecule has 0 aliphatic rings. The molecule has 0 radical (unpaired) electrons.